The Morgan fingerprint density at radius 2 is 1.43 bits per heavy atom. The SMILES string of the molecule is C[C@H](CO)[C@@H](C)CC[C@@H](COS(=O)(=O)O)[C@H]1CC[C@H]2[C@@H]3CC[C@@H]4[C@H](O)[C@H](OS(=O)(=O)O)CC[C@]4(C)[C@H]3CC[C@]12C. The number of aliphatic hydroxyl groups is 2. The van der Waals surface area contributed by atoms with Gasteiger partial charge in [0.25, 0.3) is 0 Å². The first kappa shape index (κ1) is 32.6. The fourth-order valence-corrected chi connectivity index (χ4v) is 10.8. The lowest BCUT2D eigenvalue weighted by molar-refractivity contribution is -0.171. The van der Waals surface area contributed by atoms with Crippen molar-refractivity contribution in [2.45, 2.75) is 104 Å². The summed E-state index contributed by atoms with van der Waals surface area (Å²) >= 11 is 0. The third-order valence-electron chi connectivity index (χ3n) is 12.3. The van der Waals surface area contributed by atoms with Crippen molar-refractivity contribution in [2.24, 2.45) is 58.2 Å². The Morgan fingerprint density at radius 3 is 2.05 bits per heavy atom. The van der Waals surface area contributed by atoms with Crippen molar-refractivity contribution in [3.05, 3.63) is 0 Å². The minimum Gasteiger partial charge on any atom is -0.396 e. The molecule has 0 aromatic heterocycles. The molecule has 10 nitrogen and oxygen atoms in total. The Morgan fingerprint density at radius 1 is 0.800 bits per heavy atom. The van der Waals surface area contributed by atoms with E-state index in [4.69, 9.17) is 8.37 Å². The monoisotopic (exact) mass is 610 g/mol. The second kappa shape index (κ2) is 12.0. The van der Waals surface area contributed by atoms with E-state index in [0.29, 0.717) is 24.2 Å². The molecule has 40 heavy (non-hydrogen) atoms. The number of hydrogen-bond acceptors (Lipinski definition) is 8. The fourth-order valence-electron chi connectivity index (χ4n) is 9.89. The molecule has 0 aliphatic heterocycles. The van der Waals surface area contributed by atoms with Crippen molar-refractivity contribution in [1.29, 1.82) is 0 Å². The third-order valence-corrected chi connectivity index (χ3v) is 13.2. The van der Waals surface area contributed by atoms with Crippen LogP contribution in [-0.4, -0.2) is 61.6 Å². The number of rotatable bonds is 11. The molecule has 0 unspecified atom stereocenters. The van der Waals surface area contributed by atoms with Gasteiger partial charge < -0.3 is 10.2 Å². The predicted octanol–water partition coefficient (Wildman–Crippen LogP) is 4.28. The van der Waals surface area contributed by atoms with Gasteiger partial charge in [0, 0.05) is 6.61 Å². The highest BCUT2D eigenvalue weighted by molar-refractivity contribution is 7.81. The molecule has 4 N–H and O–H groups in total. The van der Waals surface area contributed by atoms with E-state index in [9.17, 15) is 36.2 Å². The summed E-state index contributed by atoms with van der Waals surface area (Å²) in [5.74, 6) is 1.88. The average Bonchev–Trinajstić information content (AvgIpc) is 3.21. The highest BCUT2D eigenvalue weighted by Crippen LogP contribution is 2.68. The summed E-state index contributed by atoms with van der Waals surface area (Å²) < 4.78 is 74.1. The minimum atomic E-state index is -4.64. The van der Waals surface area contributed by atoms with Gasteiger partial charge in [-0.05, 0) is 116 Å². The molecule has 234 valence electrons. The van der Waals surface area contributed by atoms with Gasteiger partial charge in [-0.2, -0.15) is 16.8 Å². The molecule has 0 heterocycles. The van der Waals surface area contributed by atoms with Gasteiger partial charge in [-0.15, -0.1) is 0 Å². The second-order valence-electron chi connectivity index (χ2n) is 14.1. The summed E-state index contributed by atoms with van der Waals surface area (Å²) in [7, 11) is -9.19. The zero-order valence-corrected chi connectivity index (χ0v) is 25.9. The van der Waals surface area contributed by atoms with E-state index < -0.39 is 33.0 Å². The lowest BCUT2D eigenvalue weighted by Gasteiger charge is -2.62. The molecule has 12 heteroatoms. The first-order valence-corrected chi connectivity index (χ1v) is 17.8. The summed E-state index contributed by atoms with van der Waals surface area (Å²) in [4.78, 5) is 0. The van der Waals surface area contributed by atoms with E-state index in [1.54, 1.807) is 0 Å². The van der Waals surface area contributed by atoms with Crippen LogP contribution in [0, 0.1) is 58.2 Å². The normalized spacial score (nSPS) is 42.4. The van der Waals surface area contributed by atoms with Crippen LogP contribution in [0.1, 0.15) is 91.9 Å². The van der Waals surface area contributed by atoms with Crippen molar-refractivity contribution in [3.8, 4) is 0 Å². The summed E-state index contributed by atoms with van der Waals surface area (Å²) in [6.45, 7) is 8.78. The molecular formula is C28H50O10S2. The number of aliphatic hydroxyl groups excluding tert-OH is 2. The van der Waals surface area contributed by atoms with Gasteiger partial charge in [-0.25, -0.2) is 8.37 Å². The zero-order valence-electron chi connectivity index (χ0n) is 24.3. The van der Waals surface area contributed by atoms with E-state index in [-0.39, 0.29) is 53.6 Å². The zero-order chi connectivity index (χ0) is 29.7. The van der Waals surface area contributed by atoms with E-state index in [1.165, 1.54) is 0 Å². The maximum Gasteiger partial charge on any atom is 0.397 e. The number of fused-ring (bicyclic) bond motifs is 5. The smallest absolute Gasteiger partial charge is 0.396 e. The summed E-state index contributed by atoms with van der Waals surface area (Å²) in [5.41, 5.74) is -0.141. The molecule has 0 bridgehead atoms. The molecule has 12 atom stereocenters. The molecule has 4 aliphatic carbocycles. The van der Waals surface area contributed by atoms with Gasteiger partial charge in [-0.1, -0.05) is 34.1 Å². The Kier molecular flexibility index (Phi) is 9.75. The van der Waals surface area contributed by atoms with Crippen molar-refractivity contribution < 1.29 is 44.5 Å². The number of hydrogen-bond donors (Lipinski definition) is 4. The first-order chi connectivity index (χ1) is 18.5. The molecular weight excluding hydrogens is 560 g/mol. The Balaban J connectivity index is 1.51. The molecule has 4 rings (SSSR count). The molecule has 0 radical (unpaired) electrons. The van der Waals surface area contributed by atoms with Crippen molar-refractivity contribution in [3.63, 3.8) is 0 Å². The minimum absolute atomic E-state index is 0.00728. The maximum atomic E-state index is 11.5. The van der Waals surface area contributed by atoms with Crippen molar-refractivity contribution in [2.75, 3.05) is 13.2 Å². The predicted molar refractivity (Wildman–Crippen MR) is 149 cm³/mol. The van der Waals surface area contributed by atoms with Crippen molar-refractivity contribution in [1.82, 2.24) is 0 Å². The largest absolute Gasteiger partial charge is 0.397 e. The van der Waals surface area contributed by atoms with Crippen LogP contribution in [-0.2, 0) is 29.2 Å². The van der Waals surface area contributed by atoms with Gasteiger partial charge in [0.2, 0.25) is 0 Å². The topological polar surface area (TPSA) is 168 Å². The first-order valence-electron chi connectivity index (χ1n) is 15.1. The molecule has 4 saturated carbocycles. The van der Waals surface area contributed by atoms with Crippen LogP contribution in [0.5, 0.6) is 0 Å². The average molecular weight is 611 g/mol. The van der Waals surface area contributed by atoms with E-state index in [0.717, 1.165) is 57.8 Å². The summed E-state index contributed by atoms with van der Waals surface area (Å²) in [6, 6.07) is 0. The second-order valence-corrected chi connectivity index (χ2v) is 16.2. The fraction of sp³-hybridized carbons (Fsp3) is 1.00. The molecule has 4 aliphatic rings. The molecule has 0 aromatic rings. The van der Waals surface area contributed by atoms with Gasteiger partial charge in [0.1, 0.15) is 6.10 Å². The van der Waals surface area contributed by atoms with Crippen LogP contribution >= 0.6 is 0 Å². The van der Waals surface area contributed by atoms with Gasteiger partial charge in [0.15, 0.2) is 0 Å². The molecule has 0 spiro atoms. The van der Waals surface area contributed by atoms with Gasteiger partial charge in [-0.3, -0.25) is 9.11 Å². The third kappa shape index (κ3) is 6.59. The van der Waals surface area contributed by atoms with Crippen molar-refractivity contribution >= 4 is 20.8 Å². The van der Waals surface area contributed by atoms with Crippen LogP contribution in [0.25, 0.3) is 0 Å². The van der Waals surface area contributed by atoms with Crippen LogP contribution in [0.4, 0.5) is 0 Å². The van der Waals surface area contributed by atoms with Crippen LogP contribution in [0.15, 0.2) is 0 Å². The highest BCUT2D eigenvalue weighted by Gasteiger charge is 2.62. The Bertz CT molecular complexity index is 1100. The Hall–Kier alpha value is -0.340. The summed E-state index contributed by atoms with van der Waals surface area (Å²) in [5, 5.41) is 20.7. The maximum absolute atomic E-state index is 11.5. The summed E-state index contributed by atoms with van der Waals surface area (Å²) in [6.07, 6.45) is 6.54. The molecule has 0 saturated heterocycles. The van der Waals surface area contributed by atoms with Crippen LogP contribution < -0.4 is 0 Å². The lowest BCUT2D eigenvalue weighted by atomic mass is 9.44. The molecule has 4 fully saturated rings. The van der Waals surface area contributed by atoms with Gasteiger partial charge >= 0.3 is 20.8 Å². The van der Waals surface area contributed by atoms with Gasteiger partial charge in [0.05, 0.1) is 12.7 Å². The quantitative estimate of drug-likeness (QED) is 0.248. The van der Waals surface area contributed by atoms with E-state index in [1.807, 2.05) is 6.92 Å². The Labute approximate surface area is 240 Å². The van der Waals surface area contributed by atoms with E-state index >= 15 is 0 Å². The van der Waals surface area contributed by atoms with E-state index in [2.05, 4.69) is 20.8 Å². The van der Waals surface area contributed by atoms with Crippen LogP contribution in [0.3, 0.4) is 0 Å². The van der Waals surface area contributed by atoms with Crippen LogP contribution in [0.2, 0.25) is 0 Å². The standard InChI is InChI=1S/C28H50O10S2/c1-17(18(2)15-29)5-6-19(16-37-39(31,32)33)21-9-10-22-20-7-8-24-26(30)25(38-40(34,35)36)12-14-28(24,4)23(20)11-13-27(21,22)3/h17-26,29-30H,5-16H2,1-4H3,(H,31,32,33)(H,34,35,36)/t17-,18+,19-,20-,21+,22-,23-,24+,25+,26-,27+,28+/m0/s1. The molecule has 0 amide bonds. The highest BCUT2D eigenvalue weighted by atomic mass is 32.3. The lowest BCUT2D eigenvalue weighted by Crippen LogP contribution is -2.59. The molecule has 0 aromatic carbocycles.